The Morgan fingerprint density at radius 2 is 1.95 bits per heavy atom. The molecule has 5 nitrogen and oxygen atoms in total. The third kappa shape index (κ3) is 4.71. The summed E-state index contributed by atoms with van der Waals surface area (Å²) in [5.74, 6) is -0.00779. The van der Waals surface area contributed by atoms with E-state index in [0.29, 0.717) is 23.7 Å². The van der Waals surface area contributed by atoms with Gasteiger partial charge in [0.1, 0.15) is 0 Å². The van der Waals surface area contributed by atoms with E-state index in [1.165, 1.54) is 0 Å². The van der Waals surface area contributed by atoms with Crippen molar-refractivity contribution in [2.75, 3.05) is 25.5 Å². The van der Waals surface area contributed by atoms with Crippen molar-refractivity contribution in [1.29, 1.82) is 0 Å². The van der Waals surface area contributed by atoms with Gasteiger partial charge < -0.3 is 15.5 Å². The largest absolute Gasteiger partial charge is 0.339 e. The Bertz CT molecular complexity index is 514. The van der Waals surface area contributed by atoms with Gasteiger partial charge >= 0.3 is 0 Å². The predicted molar refractivity (Wildman–Crippen MR) is 90.6 cm³/mol. The van der Waals surface area contributed by atoms with E-state index < -0.39 is 0 Å². The Labute approximate surface area is 137 Å². The van der Waals surface area contributed by atoms with Crippen LogP contribution < -0.4 is 10.6 Å². The Kier molecular flexibility index (Phi) is 7.35. The molecule has 122 valence electrons. The number of benzene rings is 1. The number of piperidine rings is 1. The number of rotatable bonds is 4. The minimum absolute atomic E-state index is 0. The number of halogens is 1. The molecule has 6 heteroatoms. The number of amides is 2. The first kappa shape index (κ1) is 18.5. The van der Waals surface area contributed by atoms with Crippen LogP contribution >= 0.6 is 12.4 Å². The van der Waals surface area contributed by atoms with Gasteiger partial charge in [-0.05, 0) is 38.1 Å². The van der Waals surface area contributed by atoms with Crippen LogP contribution in [-0.2, 0) is 4.79 Å². The van der Waals surface area contributed by atoms with Crippen molar-refractivity contribution in [3.63, 3.8) is 0 Å². The smallest absolute Gasteiger partial charge is 0.253 e. The van der Waals surface area contributed by atoms with Crippen molar-refractivity contribution in [1.82, 2.24) is 10.2 Å². The maximum absolute atomic E-state index is 12.5. The lowest BCUT2D eigenvalue weighted by Gasteiger charge is -2.32. The second-order valence-corrected chi connectivity index (χ2v) is 5.34. The quantitative estimate of drug-likeness (QED) is 0.892. The first-order chi connectivity index (χ1) is 10.1. The van der Waals surface area contributed by atoms with E-state index >= 15 is 0 Å². The van der Waals surface area contributed by atoms with Crippen LogP contribution in [0.4, 0.5) is 5.69 Å². The highest BCUT2D eigenvalue weighted by atomic mass is 35.5. The number of anilines is 1. The fourth-order valence-electron chi connectivity index (χ4n) is 2.53. The highest BCUT2D eigenvalue weighted by molar-refractivity contribution is 5.97. The summed E-state index contributed by atoms with van der Waals surface area (Å²) in [6, 6.07) is 7.66. The molecule has 0 saturated carbocycles. The average molecular weight is 326 g/mol. The van der Waals surface area contributed by atoms with E-state index in [1.54, 1.807) is 31.2 Å². The van der Waals surface area contributed by atoms with Gasteiger partial charge in [0.05, 0.1) is 0 Å². The highest BCUT2D eigenvalue weighted by Gasteiger charge is 2.22. The molecule has 2 N–H and O–H groups in total. The molecule has 1 aliphatic rings. The lowest BCUT2D eigenvalue weighted by molar-refractivity contribution is -0.115. The summed E-state index contributed by atoms with van der Waals surface area (Å²) in [7, 11) is 1.96. The normalized spacial score (nSPS) is 15.1. The predicted octanol–water partition coefficient (Wildman–Crippen LogP) is 2.28. The van der Waals surface area contributed by atoms with Crippen molar-refractivity contribution in [3.8, 4) is 0 Å². The molecule has 1 heterocycles. The summed E-state index contributed by atoms with van der Waals surface area (Å²) in [6.07, 6.45) is 2.39. The van der Waals surface area contributed by atoms with E-state index in [2.05, 4.69) is 10.6 Å². The van der Waals surface area contributed by atoms with Crippen LogP contribution in [-0.4, -0.2) is 42.9 Å². The first-order valence-electron chi connectivity index (χ1n) is 7.50. The SMILES string of the molecule is CCC(=O)Nc1cccc(C(=O)N2CCC(NC)CC2)c1.Cl. The van der Waals surface area contributed by atoms with Crippen LogP contribution in [0.15, 0.2) is 24.3 Å². The van der Waals surface area contributed by atoms with E-state index in [-0.39, 0.29) is 24.2 Å². The van der Waals surface area contributed by atoms with Gasteiger partial charge in [0, 0.05) is 36.8 Å². The molecule has 0 radical (unpaired) electrons. The molecule has 2 amide bonds. The zero-order valence-electron chi connectivity index (χ0n) is 13.1. The maximum atomic E-state index is 12.5. The van der Waals surface area contributed by atoms with E-state index in [1.807, 2.05) is 11.9 Å². The molecular formula is C16H24ClN3O2. The molecule has 2 rings (SSSR count). The van der Waals surface area contributed by atoms with E-state index in [0.717, 1.165) is 25.9 Å². The minimum Gasteiger partial charge on any atom is -0.339 e. The van der Waals surface area contributed by atoms with Gasteiger partial charge in [-0.2, -0.15) is 0 Å². The molecule has 1 fully saturated rings. The number of carbonyl (C=O) groups excluding carboxylic acids is 2. The first-order valence-corrected chi connectivity index (χ1v) is 7.50. The molecule has 0 unspecified atom stereocenters. The Balaban J connectivity index is 0.00000242. The summed E-state index contributed by atoms with van der Waals surface area (Å²) in [4.78, 5) is 25.8. The Hall–Kier alpha value is -1.59. The standard InChI is InChI=1S/C16H23N3O2.ClH/c1-3-15(20)18-14-6-4-5-12(11-14)16(21)19-9-7-13(17-2)8-10-19;/h4-6,11,13,17H,3,7-10H2,1-2H3,(H,18,20);1H. The lowest BCUT2D eigenvalue weighted by atomic mass is 10.0. The van der Waals surface area contributed by atoms with Crippen LogP contribution in [0, 0.1) is 0 Å². The Morgan fingerprint density at radius 1 is 1.27 bits per heavy atom. The van der Waals surface area contributed by atoms with Crippen molar-refractivity contribution >= 4 is 29.9 Å². The number of hydrogen-bond acceptors (Lipinski definition) is 3. The molecule has 0 aromatic heterocycles. The molecule has 1 aromatic carbocycles. The van der Waals surface area contributed by atoms with E-state index in [4.69, 9.17) is 0 Å². The van der Waals surface area contributed by atoms with Crippen molar-refractivity contribution in [2.24, 2.45) is 0 Å². The summed E-state index contributed by atoms with van der Waals surface area (Å²) in [5.41, 5.74) is 1.31. The summed E-state index contributed by atoms with van der Waals surface area (Å²) < 4.78 is 0. The van der Waals surface area contributed by atoms with Gasteiger partial charge in [-0.1, -0.05) is 13.0 Å². The van der Waals surface area contributed by atoms with Crippen LogP contribution in [0.3, 0.4) is 0 Å². The van der Waals surface area contributed by atoms with E-state index in [9.17, 15) is 9.59 Å². The van der Waals surface area contributed by atoms with Crippen molar-refractivity contribution in [2.45, 2.75) is 32.2 Å². The van der Waals surface area contributed by atoms with Crippen LogP contribution in [0.5, 0.6) is 0 Å². The fraction of sp³-hybridized carbons (Fsp3) is 0.500. The third-order valence-electron chi connectivity index (χ3n) is 3.90. The Morgan fingerprint density at radius 3 is 2.55 bits per heavy atom. The van der Waals surface area contributed by atoms with Gasteiger partial charge in [0.15, 0.2) is 0 Å². The van der Waals surface area contributed by atoms with Gasteiger partial charge in [0.2, 0.25) is 5.91 Å². The summed E-state index contributed by atoms with van der Waals surface area (Å²) in [6.45, 7) is 3.35. The summed E-state index contributed by atoms with van der Waals surface area (Å²) in [5, 5.41) is 6.04. The molecule has 0 spiro atoms. The molecule has 1 aliphatic heterocycles. The van der Waals surface area contributed by atoms with Crippen LogP contribution in [0.2, 0.25) is 0 Å². The number of hydrogen-bond donors (Lipinski definition) is 2. The highest BCUT2D eigenvalue weighted by Crippen LogP contribution is 2.16. The number of carbonyl (C=O) groups is 2. The molecule has 0 aliphatic carbocycles. The number of nitrogens with one attached hydrogen (secondary N) is 2. The summed E-state index contributed by atoms with van der Waals surface area (Å²) >= 11 is 0. The zero-order chi connectivity index (χ0) is 15.2. The fourth-order valence-corrected chi connectivity index (χ4v) is 2.53. The van der Waals surface area contributed by atoms with Crippen molar-refractivity contribution < 1.29 is 9.59 Å². The number of nitrogens with zero attached hydrogens (tertiary/aromatic N) is 1. The van der Waals surface area contributed by atoms with Crippen molar-refractivity contribution in [3.05, 3.63) is 29.8 Å². The monoisotopic (exact) mass is 325 g/mol. The molecular weight excluding hydrogens is 302 g/mol. The second-order valence-electron chi connectivity index (χ2n) is 5.34. The third-order valence-corrected chi connectivity index (χ3v) is 3.90. The van der Waals surface area contributed by atoms with Crippen LogP contribution in [0.25, 0.3) is 0 Å². The lowest BCUT2D eigenvalue weighted by Crippen LogP contribution is -2.43. The van der Waals surface area contributed by atoms with Gasteiger partial charge in [-0.3, -0.25) is 9.59 Å². The number of likely N-dealkylation sites (tertiary alicyclic amines) is 1. The second kappa shape index (κ2) is 8.76. The van der Waals surface area contributed by atoms with Gasteiger partial charge in [-0.25, -0.2) is 0 Å². The van der Waals surface area contributed by atoms with Crippen LogP contribution in [0.1, 0.15) is 36.5 Å². The van der Waals surface area contributed by atoms with Gasteiger partial charge in [0.25, 0.3) is 5.91 Å². The molecule has 1 aromatic rings. The molecule has 1 saturated heterocycles. The average Bonchev–Trinajstić information content (AvgIpc) is 2.54. The zero-order valence-corrected chi connectivity index (χ0v) is 13.9. The molecule has 0 atom stereocenters. The maximum Gasteiger partial charge on any atom is 0.253 e. The molecule has 0 bridgehead atoms. The van der Waals surface area contributed by atoms with Gasteiger partial charge in [-0.15, -0.1) is 12.4 Å². The minimum atomic E-state index is -0.0468. The molecule has 22 heavy (non-hydrogen) atoms. The topological polar surface area (TPSA) is 61.4 Å².